The van der Waals surface area contributed by atoms with Gasteiger partial charge in [0, 0.05) is 19.4 Å². The van der Waals surface area contributed by atoms with Gasteiger partial charge in [0.25, 0.3) is 0 Å². The Labute approximate surface area is 336 Å². The highest BCUT2D eigenvalue weighted by atomic mass is 31.2. The molecule has 3 N–H and O–H groups in total. The van der Waals surface area contributed by atoms with E-state index in [1.807, 2.05) is 0 Å². The number of hydrogen-bond donors (Lipinski definition) is 2. The Morgan fingerprint density at radius 2 is 1.00 bits per heavy atom. The molecule has 0 saturated carbocycles. The number of allylic oxidation sites excluding steroid dienone is 10. The predicted molar refractivity (Wildman–Crippen MR) is 229 cm³/mol. The molecule has 318 valence electrons. The highest BCUT2D eigenvalue weighted by Gasteiger charge is 2.26. The predicted octanol–water partition coefficient (Wildman–Crippen LogP) is 12.5. The van der Waals surface area contributed by atoms with E-state index >= 15 is 0 Å². The van der Waals surface area contributed by atoms with Gasteiger partial charge in [-0.25, -0.2) is 4.57 Å². The van der Waals surface area contributed by atoms with E-state index < -0.39 is 32.5 Å². The van der Waals surface area contributed by atoms with Gasteiger partial charge >= 0.3 is 19.8 Å². The fourth-order valence-electron chi connectivity index (χ4n) is 5.68. The van der Waals surface area contributed by atoms with Gasteiger partial charge in [-0.3, -0.25) is 18.6 Å². The normalized spacial score (nSPS) is 13.9. The summed E-state index contributed by atoms with van der Waals surface area (Å²) in [5.74, 6) is -0.852. The lowest BCUT2D eigenvalue weighted by Gasteiger charge is -2.19. The molecule has 0 radical (unpaired) electrons. The van der Waals surface area contributed by atoms with Crippen molar-refractivity contribution in [3.05, 3.63) is 60.8 Å². The van der Waals surface area contributed by atoms with Gasteiger partial charge in [0.2, 0.25) is 0 Å². The Balaban J connectivity index is 4.18. The zero-order valence-electron chi connectivity index (χ0n) is 34.9. The topological polar surface area (TPSA) is 134 Å². The van der Waals surface area contributed by atoms with Crippen molar-refractivity contribution in [2.24, 2.45) is 5.73 Å². The highest BCUT2D eigenvalue weighted by molar-refractivity contribution is 7.47. The van der Waals surface area contributed by atoms with Crippen LogP contribution in [0.2, 0.25) is 0 Å². The number of carbonyl (C=O) groups excluding carboxylic acids is 2. The minimum absolute atomic E-state index is 0.0479. The first-order valence-electron chi connectivity index (χ1n) is 21.8. The van der Waals surface area contributed by atoms with Crippen LogP contribution in [0.25, 0.3) is 0 Å². The van der Waals surface area contributed by atoms with E-state index in [4.69, 9.17) is 24.3 Å². The fourth-order valence-corrected chi connectivity index (χ4v) is 6.44. The van der Waals surface area contributed by atoms with Gasteiger partial charge < -0.3 is 20.1 Å². The zero-order valence-corrected chi connectivity index (χ0v) is 35.8. The Hall–Kier alpha value is -2.29. The fraction of sp³-hybridized carbons (Fsp3) is 0.733. The Morgan fingerprint density at radius 1 is 0.564 bits per heavy atom. The van der Waals surface area contributed by atoms with Crippen molar-refractivity contribution in [1.29, 1.82) is 0 Å². The molecule has 0 aromatic heterocycles. The van der Waals surface area contributed by atoms with Gasteiger partial charge in [-0.05, 0) is 77.0 Å². The highest BCUT2D eigenvalue weighted by Crippen LogP contribution is 2.43. The van der Waals surface area contributed by atoms with Gasteiger partial charge in [-0.2, -0.15) is 0 Å². The second kappa shape index (κ2) is 41.3. The summed E-state index contributed by atoms with van der Waals surface area (Å²) in [7, 11) is -4.38. The molecular weight excluding hydrogens is 713 g/mol. The number of unbranched alkanes of at least 4 members (excludes halogenated alkanes) is 17. The van der Waals surface area contributed by atoms with Crippen molar-refractivity contribution >= 4 is 19.8 Å². The third-order valence-corrected chi connectivity index (χ3v) is 9.87. The summed E-state index contributed by atoms with van der Waals surface area (Å²) in [5, 5.41) is 0. The quantitative estimate of drug-likeness (QED) is 0.0269. The number of phosphoric ester groups is 1. The molecule has 0 spiro atoms. The second-order valence-electron chi connectivity index (χ2n) is 14.2. The van der Waals surface area contributed by atoms with E-state index in [9.17, 15) is 19.0 Å². The van der Waals surface area contributed by atoms with Gasteiger partial charge in [-0.15, -0.1) is 0 Å². The van der Waals surface area contributed by atoms with Crippen molar-refractivity contribution in [1.82, 2.24) is 0 Å². The molecule has 9 nitrogen and oxygen atoms in total. The number of esters is 2. The number of hydrogen-bond acceptors (Lipinski definition) is 8. The smallest absolute Gasteiger partial charge is 0.462 e. The average Bonchev–Trinajstić information content (AvgIpc) is 3.17. The van der Waals surface area contributed by atoms with E-state index in [1.165, 1.54) is 64.2 Å². The maximum Gasteiger partial charge on any atom is 0.472 e. The minimum Gasteiger partial charge on any atom is -0.462 e. The van der Waals surface area contributed by atoms with Crippen LogP contribution in [0.4, 0.5) is 0 Å². The van der Waals surface area contributed by atoms with E-state index in [0.29, 0.717) is 6.42 Å². The Kier molecular flexibility index (Phi) is 39.6. The lowest BCUT2D eigenvalue weighted by atomic mass is 10.1. The second-order valence-corrected chi connectivity index (χ2v) is 15.6. The average molecular weight is 794 g/mol. The first kappa shape index (κ1) is 52.7. The molecule has 0 fully saturated rings. The lowest BCUT2D eigenvalue weighted by molar-refractivity contribution is -0.161. The lowest BCUT2D eigenvalue weighted by Crippen LogP contribution is -2.29. The molecule has 55 heavy (non-hydrogen) atoms. The largest absolute Gasteiger partial charge is 0.472 e. The molecule has 0 saturated heterocycles. The molecule has 0 aromatic carbocycles. The molecule has 0 aliphatic heterocycles. The van der Waals surface area contributed by atoms with Crippen LogP contribution >= 0.6 is 7.82 Å². The number of rotatable bonds is 40. The van der Waals surface area contributed by atoms with Crippen LogP contribution in [-0.2, 0) is 32.7 Å². The first-order chi connectivity index (χ1) is 26.8. The first-order valence-corrected chi connectivity index (χ1v) is 23.3. The monoisotopic (exact) mass is 794 g/mol. The molecular formula is C45H80NO8P. The molecule has 0 aromatic rings. The summed E-state index contributed by atoms with van der Waals surface area (Å²) < 4.78 is 32.8. The minimum atomic E-state index is -4.38. The van der Waals surface area contributed by atoms with Crippen molar-refractivity contribution in [2.75, 3.05) is 26.4 Å². The van der Waals surface area contributed by atoms with Crippen molar-refractivity contribution in [3.8, 4) is 0 Å². The molecule has 0 amide bonds. The maximum absolute atomic E-state index is 12.6. The summed E-state index contributed by atoms with van der Waals surface area (Å²) in [6.45, 7) is 3.57. The number of phosphoric acid groups is 1. The van der Waals surface area contributed by atoms with Crippen molar-refractivity contribution in [2.45, 2.75) is 187 Å². The van der Waals surface area contributed by atoms with Gasteiger partial charge in [0.1, 0.15) is 6.61 Å². The summed E-state index contributed by atoms with van der Waals surface area (Å²) >= 11 is 0. The van der Waals surface area contributed by atoms with Crippen LogP contribution in [0.1, 0.15) is 181 Å². The van der Waals surface area contributed by atoms with Crippen LogP contribution in [0, 0.1) is 0 Å². The van der Waals surface area contributed by atoms with Gasteiger partial charge in [0.05, 0.1) is 13.2 Å². The molecule has 2 unspecified atom stereocenters. The van der Waals surface area contributed by atoms with Crippen LogP contribution in [0.5, 0.6) is 0 Å². The zero-order chi connectivity index (χ0) is 40.3. The third-order valence-electron chi connectivity index (χ3n) is 8.89. The van der Waals surface area contributed by atoms with E-state index in [2.05, 4.69) is 74.6 Å². The number of ether oxygens (including phenoxy) is 2. The Bertz CT molecular complexity index is 1090. The molecule has 0 aliphatic carbocycles. The van der Waals surface area contributed by atoms with Crippen LogP contribution in [0.3, 0.4) is 0 Å². The molecule has 2 atom stereocenters. The van der Waals surface area contributed by atoms with E-state index in [-0.39, 0.29) is 32.6 Å². The van der Waals surface area contributed by atoms with Crippen LogP contribution in [0.15, 0.2) is 60.8 Å². The Morgan fingerprint density at radius 3 is 1.49 bits per heavy atom. The molecule has 0 bridgehead atoms. The maximum atomic E-state index is 12.6. The van der Waals surface area contributed by atoms with Crippen LogP contribution in [-0.4, -0.2) is 49.3 Å². The SMILES string of the molecule is CC/C=C\C/C=C\C/C=C\CCCCCCCCCC(=O)OC(COC(=O)CCCCCCCCC/C=C\C/C=C\CCCCC)COP(=O)(O)OCCN. The summed E-state index contributed by atoms with van der Waals surface area (Å²) in [6.07, 6.45) is 48.1. The standard InChI is InChI=1S/C45H80NO8P/c1-3-5-7-9-11-13-15-17-19-21-23-25-27-29-31-33-35-37-44(47)51-41-43(42-53-55(49,50)52-40-39-46)54-45(48)38-36-34-32-30-28-26-24-22-20-18-16-14-12-10-8-6-4-2/h6,8,11-14,17-20,43H,3-5,7,9-10,15-16,21-42,46H2,1-2H3,(H,49,50)/b8-6-,13-11-,14-12-,19-17-,20-18-. The number of nitrogens with two attached hydrogens (primary N) is 1. The van der Waals surface area contributed by atoms with Crippen LogP contribution < -0.4 is 5.73 Å². The van der Waals surface area contributed by atoms with Crippen molar-refractivity contribution < 1.29 is 37.6 Å². The van der Waals surface area contributed by atoms with E-state index in [1.54, 1.807) is 0 Å². The van der Waals surface area contributed by atoms with Crippen molar-refractivity contribution in [3.63, 3.8) is 0 Å². The molecule has 0 aliphatic rings. The molecule has 10 heteroatoms. The molecule has 0 rings (SSSR count). The van der Waals surface area contributed by atoms with Gasteiger partial charge in [0.15, 0.2) is 6.10 Å². The molecule has 0 heterocycles. The summed E-state index contributed by atoms with van der Waals surface area (Å²) in [6, 6.07) is 0. The van der Waals surface area contributed by atoms with E-state index in [0.717, 1.165) is 83.5 Å². The third kappa shape index (κ3) is 41.2. The summed E-state index contributed by atoms with van der Waals surface area (Å²) in [5.41, 5.74) is 5.35. The van der Waals surface area contributed by atoms with Gasteiger partial charge in [-0.1, -0.05) is 152 Å². The summed E-state index contributed by atoms with van der Waals surface area (Å²) in [4.78, 5) is 34.9. The number of carbonyl (C=O) groups is 2.